The fraction of sp³-hybridized carbons (Fsp3) is 0.231. The zero-order chi connectivity index (χ0) is 12.3. The Labute approximate surface area is 98.9 Å². The number of aromatic carboxylic acids is 1. The van der Waals surface area contributed by atoms with E-state index in [1.807, 2.05) is 30.3 Å². The Morgan fingerprint density at radius 1 is 1.29 bits per heavy atom. The van der Waals surface area contributed by atoms with Crippen LogP contribution in [0.2, 0.25) is 0 Å². The van der Waals surface area contributed by atoms with Crippen LogP contribution in [0.25, 0.3) is 0 Å². The van der Waals surface area contributed by atoms with Gasteiger partial charge in [0.05, 0.1) is 5.69 Å². The van der Waals surface area contributed by atoms with Gasteiger partial charge in [0.25, 0.3) is 0 Å². The van der Waals surface area contributed by atoms with E-state index in [0.717, 1.165) is 12.0 Å². The minimum absolute atomic E-state index is 0.195. The molecule has 0 radical (unpaired) electrons. The predicted octanol–water partition coefficient (Wildman–Crippen LogP) is 2.47. The number of hydrogen-bond acceptors (Lipinski definition) is 3. The topological polar surface area (TPSA) is 63.3 Å². The molecule has 0 spiro atoms. The summed E-state index contributed by atoms with van der Waals surface area (Å²) in [5.41, 5.74) is 1.78. The summed E-state index contributed by atoms with van der Waals surface area (Å²) in [5, 5.41) is 12.7. The van der Waals surface area contributed by atoms with Crippen LogP contribution in [-0.2, 0) is 12.8 Å². The van der Waals surface area contributed by atoms with Crippen molar-refractivity contribution in [2.24, 2.45) is 0 Å². The molecule has 0 unspecified atom stereocenters. The van der Waals surface area contributed by atoms with Gasteiger partial charge in [-0.15, -0.1) is 0 Å². The smallest absolute Gasteiger partial charge is 0.341 e. The van der Waals surface area contributed by atoms with Crippen LogP contribution in [0.3, 0.4) is 0 Å². The van der Waals surface area contributed by atoms with E-state index >= 15 is 0 Å². The van der Waals surface area contributed by atoms with E-state index in [1.165, 1.54) is 0 Å². The summed E-state index contributed by atoms with van der Waals surface area (Å²) in [7, 11) is 0. The Kier molecular flexibility index (Phi) is 3.23. The molecule has 17 heavy (non-hydrogen) atoms. The molecule has 0 atom stereocenters. The van der Waals surface area contributed by atoms with Gasteiger partial charge in [0, 0.05) is 6.42 Å². The molecule has 0 bridgehead atoms. The predicted molar refractivity (Wildman–Crippen MR) is 62.0 cm³/mol. The first-order valence-electron chi connectivity index (χ1n) is 5.41. The van der Waals surface area contributed by atoms with E-state index < -0.39 is 5.97 Å². The Morgan fingerprint density at radius 3 is 2.65 bits per heavy atom. The molecule has 1 heterocycles. The van der Waals surface area contributed by atoms with E-state index in [2.05, 4.69) is 5.16 Å². The summed E-state index contributed by atoms with van der Waals surface area (Å²) in [4.78, 5) is 11.0. The van der Waals surface area contributed by atoms with E-state index in [9.17, 15) is 4.79 Å². The van der Waals surface area contributed by atoms with Gasteiger partial charge in [0.2, 0.25) is 0 Å². The molecule has 1 aromatic carbocycles. The molecule has 1 N–H and O–H groups in total. The normalized spacial score (nSPS) is 10.4. The second kappa shape index (κ2) is 4.82. The van der Waals surface area contributed by atoms with E-state index in [1.54, 1.807) is 6.92 Å². The Balaban J connectivity index is 2.12. The molecule has 0 aliphatic heterocycles. The van der Waals surface area contributed by atoms with Gasteiger partial charge in [-0.1, -0.05) is 35.5 Å². The SMILES string of the molecule is Cc1noc(CCc2ccccc2)c1C(=O)O. The maximum atomic E-state index is 11.0. The lowest BCUT2D eigenvalue weighted by Gasteiger charge is -1.99. The van der Waals surface area contributed by atoms with Crippen molar-refractivity contribution in [2.45, 2.75) is 19.8 Å². The van der Waals surface area contributed by atoms with Gasteiger partial charge in [-0.3, -0.25) is 0 Å². The molecule has 2 rings (SSSR count). The molecule has 0 aliphatic carbocycles. The van der Waals surface area contributed by atoms with Crippen molar-refractivity contribution in [3.8, 4) is 0 Å². The van der Waals surface area contributed by atoms with Crippen LogP contribution in [0, 0.1) is 6.92 Å². The summed E-state index contributed by atoms with van der Waals surface area (Å²) in [6.07, 6.45) is 1.29. The largest absolute Gasteiger partial charge is 0.477 e. The van der Waals surface area contributed by atoms with Crippen LogP contribution in [-0.4, -0.2) is 16.2 Å². The highest BCUT2D eigenvalue weighted by molar-refractivity contribution is 5.89. The van der Waals surface area contributed by atoms with Crippen LogP contribution < -0.4 is 0 Å². The van der Waals surface area contributed by atoms with Gasteiger partial charge in [0.15, 0.2) is 5.76 Å². The quantitative estimate of drug-likeness (QED) is 0.877. The second-order valence-corrected chi connectivity index (χ2v) is 3.86. The number of hydrogen-bond donors (Lipinski definition) is 1. The Hall–Kier alpha value is -2.10. The third-order valence-electron chi connectivity index (χ3n) is 2.63. The maximum Gasteiger partial charge on any atom is 0.341 e. The maximum absolute atomic E-state index is 11.0. The molecule has 4 heteroatoms. The van der Waals surface area contributed by atoms with Crippen LogP contribution in [0.15, 0.2) is 34.9 Å². The lowest BCUT2D eigenvalue weighted by Crippen LogP contribution is -2.02. The lowest BCUT2D eigenvalue weighted by atomic mass is 10.1. The van der Waals surface area contributed by atoms with Gasteiger partial charge in [-0.05, 0) is 18.9 Å². The third-order valence-corrected chi connectivity index (χ3v) is 2.63. The first-order valence-corrected chi connectivity index (χ1v) is 5.41. The molecule has 2 aromatic rings. The van der Waals surface area contributed by atoms with Crippen LogP contribution in [0.4, 0.5) is 0 Å². The molecular weight excluding hydrogens is 218 g/mol. The highest BCUT2D eigenvalue weighted by Gasteiger charge is 2.18. The number of nitrogens with zero attached hydrogens (tertiary/aromatic N) is 1. The molecule has 1 aromatic heterocycles. The number of carboxylic acids is 1. The molecule has 0 aliphatic rings. The van der Waals surface area contributed by atoms with Crippen molar-refractivity contribution in [3.63, 3.8) is 0 Å². The van der Waals surface area contributed by atoms with Crippen molar-refractivity contribution >= 4 is 5.97 Å². The van der Waals surface area contributed by atoms with Gasteiger partial charge in [-0.2, -0.15) is 0 Å². The van der Waals surface area contributed by atoms with Gasteiger partial charge in [-0.25, -0.2) is 4.79 Å². The van der Waals surface area contributed by atoms with Gasteiger partial charge >= 0.3 is 5.97 Å². The molecule has 0 saturated heterocycles. The van der Waals surface area contributed by atoms with Crippen molar-refractivity contribution in [1.82, 2.24) is 5.16 Å². The van der Waals surface area contributed by atoms with Crippen LogP contribution in [0.5, 0.6) is 0 Å². The molecular formula is C13H13NO3. The number of benzene rings is 1. The Bertz CT molecular complexity index is 517. The zero-order valence-electron chi connectivity index (χ0n) is 9.51. The van der Waals surface area contributed by atoms with Crippen LogP contribution in [0.1, 0.15) is 27.4 Å². The van der Waals surface area contributed by atoms with Crippen molar-refractivity contribution in [3.05, 3.63) is 52.9 Å². The zero-order valence-corrected chi connectivity index (χ0v) is 9.51. The van der Waals surface area contributed by atoms with E-state index in [-0.39, 0.29) is 5.56 Å². The molecule has 88 valence electrons. The summed E-state index contributed by atoms with van der Waals surface area (Å²) in [6.45, 7) is 1.64. The van der Waals surface area contributed by atoms with Crippen molar-refractivity contribution < 1.29 is 14.4 Å². The lowest BCUT2D eigenvalue weighted by molar-refractivity contribution is 0.0693. The van der Waals surface area contributed by atoms with Crippen LogP contribution >= 0.6 is 0 Å². The highest BCUT2D eigenvalue weighted by atomic mass is 16.5. The average molecular weight is 231 g/mol. The van der Waals surface area contributed by atoms with Crippen molar-refractivity contribution in [2.75, 3.05) is 0 Å². The number of carbonyl (C=O) groups is 1. The van der Waals surface area contributed by atoms with E-state index in [0.29, 0.717) is 17.9 Å². The first kappa shape index (κ1) is 11.4. The summed E-state index contributed by atoms with van der Waals surface area (Å²) < 4.78 is 5.05. The number of rotatable bonds is 4. The highest BCUT2D eigenvalue weighted by Crippen LogP contribution is 2.16. The average Bonchev–Trinajstić information content (AvgIpc) is 2.69. The fourth-order valence-corrected chi connectivity index (χ4v) is 1.76. The number of aryl methyl sites for hydroxylation is 3. The number of aromatic nitrogens is 1. The standard InChI is InChI=1S/C13H13NO3/c1-9-12(13(15)16)11(17-14-9)8-7-10-5-3-2-4-6-10/h2-6H,7-8H2,1H3,(H,15,16). The minimum atomic E-state index is -0.980. The van der Waals surface area contributed by atoms with Gasteiger partial charge < -0.3 is 9.63 Å². The third kappa shape index (κ3) is 2.53. The molecule has 4 nitrogen and oxygen atoms in total. The summed E-state index contributed by atoms with van der Waals surface area (Å²) in [5.74, 6) is -0.536. The second-order valence-electron chi connectivity index (χ2n) is 3.86. The first-order chi connectivity index (χ1) is 8.18. The van der Waals surface area contributed by atoms with Crippen molar-refractivity contribution in [1.29, 1.82) is 0 Å². The minimum Gasteiger partial charge on any atom is -0.477 e. The summed E-state index contributed by atoms with van der Waals surface area (Å²) in [6, 6.07) is 9.87. The Morgan fingerprint density at radius 2 is 2.00 bits per heavy atom. The summed E-state index contributed by atoms with van der Waals surface area (Å²) >= 11 is 0. The molecule has 0 saturated carbocycles. The van der Waals surface area contributed by atoms with E-state index in [4.69, 9.17) is 9.63 Å². The monoisotopic (exact) mass is 231 g/mol. The molecule has 0 amide bonds. The van der Waals surface area contributed by atoms with Gasteiger partial charge in [0.1, 0.15) is 5.56 Å². The number of carboxylic acid groups (broad SMARTS) is 1. The fourth-order valence-electron chi connectivity index (χ4n) is 1.76. The molecule has 0 fully saturated rings.